The molecule has 0 atom stereocenters. The zero-order valence-electron chi connectivity index (χ0n) is 36.8. The van der Waals surface area contributed by atoms with Crippen LogP contribution in [0.3, 0.4) is 0 Å². The van der Waals surface area contributed by atoms with Crippen molar-refractivity contribution in [1.82, 2.24) is 9.97 Å². The number of hydrogen-bond donors (Lipinski definition) is 0. The molecular formula is C64H48N2. The lowest BCUT2D eigenvalue weighted by atomic mass is 9.67. The molecule has 2 heteroatoms. The van der Waals surface area contributed by atoms with Gasteiger partial charge in [0.15, 0.2) is 0 Å². The van der Waals surface area contributed by atoms with Gasteiger partial charge in [0.25, 0.3) is 0 Å². The van der Waals surface area contributed by atoms with Crippen LogP contribution in [0.1, 0.15) is 66.8 Å². The highest BCUT2D eigenvalue weighted by atomic mass is 14.8. The van der Waals surface area contributed by atoms with Gasteiger partial charge in [-0.3, -0.25) is 9.97 Å². The standard InChI is InChI=1S/C64H48N2/c1-5-17-49(18-6-1)63(50-19-7-2-8-20-50)57-27-15-13-25-53(57)55-37-33-45(41-59(55)63)29-31-47-35-39-61(65-43-47)62-40-36-48(44-66-62)32-30-46-34-38-56-54-26-14-16-28-58(54)64(60(56)42-46,51-21-9-3-10-22-51)52-23-11-4-12-24-52/h1-28,33-44H,29-32H2. The number of rotatable bonds is 11. The van der Waals surface area contributed by atoms with Crippen LogP contribution in [0.25, 0.3) is 33.6 Å². The average molecular weight is 845 g/mol. The Bertz CT molecular complexity index is 3020. The average Bonchev–Trinajstić information content (AvgIpc) is 3.86. The molecule has 8 aromatic carbocycles. The van der Waals surface area contributed by atoms with E-state index in [9.17, 15) is 0 Å². The summed E-state index contributed by atoms with van der Waals surface area (Å²) in [4.78, 5) is 9.85. The van der Waals surface area contributed by atoms with E-state index in [4.69, 9.17) is 9.97 Å². The van der Waals surface area contributed by atoms with Crippen molar-refractivity contribution in [2.24, 2.45) is 0 Å². The maximum absolute atomic E-state index is 4.92. The maximum Gasteiger partial charge on any atom is 0.0886 e. The number of aryl methyl sites for hydroxylation is 4. The van der Waals surface area contributed by atoms with Gasteiger partial charge in [0.05, 0.1) is 22.2 Å². The summed E-state index contributed by atoms with van der Waals surface area (Å²) in [5.41, 5.74) is 21.9. The summed E-state index contributed by atoms with van der Waals surface area (Å²) in [5, 5.41) is 0. The van der Waals surface area contributed by atoms with Gasteiger partial charge in [0.1, 0.15) is 0 Å². The minimum atomic E-state index is -0.386. The Morgan fingerprint density at radius 1 is 0.258 bits per heavy atom. The van der Waals surface area contributed by atoms with Crippen LogP contribution < -0.4 is 0 Å². The first-order valence-electron chi connectivity index (χ1n) is 23.3. The van der Waals surface area contributed by atoms with E-state index in [0.29, 0.717) is 0 Å². The van der Waals surface area contributed by atoms with Crippen molar-refractivity contribution >= 4 is 0 Å². The Morgan fingerprint density at radius 3 is 0.909 bits per heavy atom. The Kier molecular flexibility index (Phi) is 9.95. The van der Waals surface area contributed by atoms with Gasteiger partial charge in [-0.25, -0.2) is 0 Å². The normalized spacial score (nSPS) is 13.6. The number of fused-ring (bicyclic) bond motifs is 6. The highest BCUT2D eigenvalue weighted by molar-refractivity contribution is 5.88. The molecule has 66 heavy (non-hydrogen) atoms. The van der Waals surface area contributed by atoms with Gasteiger partial charge in [-0.1, -0.05) is 218 Å². The largest absolute Gasteiger partial charge is 0.254 e. The van der Waals surface area contributed by atoms with Gasteiger partial charge in [0.2, 0.25) is 0 Å². The second-order valence-corrected chi connectivity index (χ2v) is 17.9. The lowest BCUT2D eigenvalue weighted by Gasteiger charge is -2.34. The third kappa shape index (κ3) is 6.47. The number of pyridine rings is 2. The van der Waals surface area contributed by atoms with Crippen molar-refractivity contribution < 1.29 is 0 Å². The van der Waals surface area contributed by atoms with Crippen LogP contribution in [0.5, 0.6) is 0 Å². The Morgan fingerprint density at radius 2 is 0.561 bits per heavy atom. The van der Waals surface area contributed by atoms with Crippen LogP contribution in [-0.4, -0.2) is 9.97 Å². The van der Waals surface area contributed by atoms with Gasteiger partial charge in [0, 0.05) is 12.4 Å². The molecule has 0 spiro atoms. The molecule has 0 unspecified atom stereocenters. The van der Waals surface area contributed by atoms with Crippen LogP contribution in [0.4, 0.5) is 0 Å². The Hall–Kier alpha value is -7.94. The molecule has 10 aromatic rings. The molecule has 0 N–H and O–H groups in total. The van der Waals surface area contributed by atoms with Crippen molar-refractivity contribution in [3.63, 3.8) is 0 Å². The predicted molar refractivity (Wildman–Crippen MR) is 270 cm³/mol. The van der Waals surface area contributed by atoms with Crippen LogP contribution in [-0.2, 0) is 36.5 Å². The van der Waals surface area contributed by atoms with E-state index in [2.05, 4.69) is 231 Å². The monoisotopic (exact) mass is 844 g/mol. The molecule has 0 aliphatic heterocycles. The fourth-order valence-corrected chi connectivity index (χ4v) is 11.3. The van der Waals surface area contributed by atoms with Gasteiger partial charge < -0.3 is 0 Å². The van der Waals surface area contributed by atoms with E-state index in [1.165, 1.54) is 89.0 Å². The smallest absolute Gasteiger partial charge is 0.0886 e. The zero-order valence-corrected chi connectivity index (χ0v) is 36.8. The SMILES string of the molecule is c1ccc(C2(c3ccccc3)c3ccccc3-c3ccc(CCc4ccc(-c5ccc(CCc6ccc7c(c6)C(c6ccccc6)(c6ccccc6)c6ccccc6-7)cn5)nc4)cc32)cc1. The lowest BCUT2D eigenvalue weighted by molar-refractivity contribution is 0.765. The molecule has 12 rings (SSSR count). The molecule has 0 fully saturated rings. The van der Waals surface area contributed by atoms with E-state index >= 15 is 0 Å². The molecule has 2 aliphatic carbocycles. The van der Waals surface area contributed by atoms with Crippen LogP contribution >= 0.6 is 0 Å². The van der Waals surface area contributed by atoms with E-state index < -0.39 is 0 Å². The van der Waals surface area contributed by atoms with Gasteiger partial charge >= 0.3 is 0 Å². The number of aromatic nitrogens is 2. The van der Waals surface area contributed by atoms with Gasteiger partial charge in [-0.05, 0) is 127 Å². The second kappa shape index (κ2) is 16.6. The summed E-state index contributed by atoms with van der Waals surface area (Å²) >= 11 is 0. The molecule has 0 amide bonds. The Labute approximate surface area is 388 Å². The molecule has 0 radical (unpaired) electrons. The van der Waals surface area contributed by atoms with Crippen LogP contribution in [0.15, 0.2) is 243 Å². The molecule has 314 valence electrons. The second-order valence-electron chi connectivity index (χ2n) is 17.9. The first-order chi connectivity index (χ1) is 32.7. The highest BCUT2D eigenvalue weighted by Gasteiger charge is 2.47. The fourth-order valence-electron chi connectivity index (χ4n) is 11.3. The number of nitrogens with zero attached hydrogens (tertiary/aromatic N) is 2. The summed E-state index contributed by atoms with van der Waals surface area (Å²) in [5.74, 6) is 0. The quantitative estimate of drug-likeness (QED) is 0.130. The van der Waals surface area contributed by atoms with Crippen molar-refractivity contribution in [2.45, 2.75) is 36.5 Å². The van der Waals surface area contributed by atoms with Crippen LogP contribution in [0.2, 0.25) is 0 Å². The molecular weight excluding hydrogens is 797 g/mol. The topological polar surface area (TPSA) is 25.8 Å². The maximum atomic E-state index is 4.92. The van der Waals surface area contributed by atoms with Crippen molar-refractivity contribution in [2.75, 3.05) is 0 Å². The first kappa shape index (κ1) is 39.6. The molecule has 2 aliphatic rings. The molecule has 0 saturated heterocycles. The van der Waals surface area contributed by atoms with Gasteiger partial charge in [-0.2, -0.15) is 0 Å². The first-order valence-corrected chi connectivity index (χ1v) is 23.3. The van der Waals surface area contributed by atoms with E-state index in [1.807, 2.05) is 12.4 Å². The molecule has 2 heterocycles. The van der Waals surface area contributed by atoms with Gasteiger partial charge in [-0.15, -0.1) is 0 Å². The molecule has 2 nitrogen and oxygen atoms in total. The van der Waals surface area contributed by atoms with E-state index in [1.54, 1.807) is 0 Å². The van der Waals surface area contributed by atoms with Crippen molar-refractivity contribution in [3.8, 4) is 33.6 Å². The van der Waals surface area contributed by atoms with Crippen molar-refractivity contribution in [3.05, 3.63) is 310 Å². The minimum absolute atomic E-state index is 0.386. The predicted octanol–water partition coefficient (Wildman–Crippen LogP) is 14.4. The summed E-state index contributed by atoms with van der Waals surface area (Å²) in [6.07, 6.45) is 7.72. The number of benzene rings is 8. The third-order valence-electron chi connectivity index (χ3n) is 14.4. The molecule has 0 saturated carbocycles. The summed E-state index contributed by atoms with van der Waals surface area (Å²) in [6.45, 7) is 0. The highest BCUT2D eigenvalue weighted by Crippen LogP contribution is 2.57. The summed E-state index contributed by atoms with van der Waals surface area (Å²) in [7, 11) is 0. The minimum Gasteiger partial charge on any atom is -0.254 e. The fraction of sp³-hybridized carbons (Fsp3) is 0.0938. The lowest BCUT2D eigenvalue weighted by Crippen LogP contribution is -2.28. The summed E-state index contributed by atoms with van der Waals surface area (Å²) < 4.78 is 0. The summed E-state index contributed by atoms with van der Waals surface area (Å²) in [6, 6.07) is 85.0. The van der Waals surface area contributed by atoms with E-state index in [0.717, 1.165) is 37.1 Å². The molecule has 2 aromatic heterocycles. The van der Waals surface area contributed by atoms with Crippen LogP contribution in [0, 0.1) is 0 Å². The molecule has 0 bridgehead atoms. The number of hydrogen-bond acceptors (Lipinski definition) is 2. The van der Waals surface area contributed by atoms with Crippen molar-refractivity contribution in [1.29, 1.82) is 0 Å². The van der Waals surface area contributed by atoms with E-state index in [-0.39, 0.29) is 10.8 Å². The third-order valence-corrected chi connectivity index (χ3v) is 14.4. The zero-order chi connectivity index (χ0) is 43.9. The Balaban J connectivity index is 0.762.